The molecule has 0 saturated carbocycles. The number of anilines is 2. The van der Waals surface area contributed by atoms with Gasteiger partial charge in [-0.05, 0) is 42.3 Å². The van der Waals surface area contributed by atoms with Crippen molar-refractivity contribution in [1.82, 2.24) is 0 Å². The summed E-state index contributed by atoms with van der Waals surface area (Å²) in [4.78, 5) is 13.2. The summed E-state index contributed by atoms with van der Waals surface area (Å²) >= 11 is 0. The summed E-state index contributed by atoms with van der Waals surface area (Å²) in [6, 6.07) is 17.5. The van der Waals surface area contributed by atoms with Crippen LogP contribution in [0.25, 0.3) is 11.1 Å². The molecule has 8 heteroatoms. The van der Waals surface area contributed by atoms with Crippen LogP contribution < -0.4 is 19.1 Å². The maximum atomic E-state index is 13.4. The number of carbonyl (C=O) groups is 1. The number of aryl methyl sites for hydroxylation is 1. The highest BCUT2D eigenvalue weighted by atomic mass is 32.2. The molecule has 1 amide bonds. The van der Waals surface area contributed by atoms with Crippen molar-refractivity contribution in [3.63, 3.8) is 0 Å². The first-order chi connectivity index (χ1) is 15.4. The molecule has 166 valence electrons. The number of methoxy groups -OCH3 is 2. The second-order valence-electron chi connectivity index (χ2n) is 7.33. The molecule has 0 aromatic heterocycles. The molecule has 3 aromatic rings. The lowest BCUT2D eigenvalue weighted by Gasteiger charge is -2.32. The van der Waals surface area contributed by atoms with Gasteiger partial charge in [0.05, 0.1) is 30.5 Å². The Morgan fingerprint density at radius 1 is 0.969 bits per heavy atom. The van der Waals surface area contributed by atoms with Crippen molar-refractivity contribution in [2.45, 2.75) is 18.2 Å². The fraction of sp³-hybridized carbons (Fsp3) is 0.208. The summed E-state index contributed by atoms with van der Waals surface area (Å²) in [5, 5.41) is 2.75. The van der Waals surface area contributed by atoms with E-state index in [2.05, 4.69) is 5.32 Å². The minimum absolute atomic E-state index is 0.188. The Morgan fingerprint density at radius 2 is 1.75 bits per heavy atom. The minimum atomic E-state index is -3.92. The van der Waals surface area contributed by atoms with Crippen molar-refractivity contribution < 1.29 is 22.7 Å². The van der Waals surface area contributed by atoms with E-state index in [0.717, 1.165) is 21.9 Å². The Kier molecular flexibility index (Phi) is 5.80. The molecular weight excluding hydrogens is 428 g/mol. The molecule has 1 N–H and O–H groups in total. The number of rotatable bonds is 6. The van der Waals surface area contributed by atoms with Crippen LogP contribution in [0.5, 0.6) is 11.5 Å². The molecular formula is C24H24N2O5S. The van der Waals surface area contributed by atoms with E-state index in [0.29, 0.717) is 28.4 Å². The van der Waals surface area contributed by atoms with Crippen LogP contribution in [-0.4, -0.2) is 35.1 Å². The highest BCUT2D eigenvalue weighted by Crippen LogP contribution is 2.43. The van der Waals surface area contributed by atoms with Crippen LogP contribution in [-0.2, 0) is 21.2 Å². The van der Waals surface area contributed by atoms with E-state index < -0.39 is 15.9 Å². The van der Waals surface area contributed by atoms with Crippen molar-refractivity contribution in [2.75, 3.05) is 30.4 Å². The van der Waals surface area contributed by atoms with Gasteiger partial charge in [0, 0.05) is 17.2 Å². The smallest absolute Gasteiger partial charge is 0.265 e. The quantitative estimate of drug-likeness (QED) is 0.609. The molecule has 7 nitrogen and oxygen atoms in total. The molecule has 0 saturated heterocycles. The van der Waals surface area contributed by atoms with Crippen molar-refractivity contribution >= 4 is 27.3 Å². The summed E-state index contributed by atoms with van der Waals surface area (Å²) in [5.74, 6) is 0.488. The van der Waals surface area contributed by atoms with Gasteiger partial charge >= 0.3 is 0 Å². The monoisotopic (exact) mass is 452 g/mol. The van der Waals surface area contributed by atoms with E-state index in [1.807, 2.05) is 25.1 Å². The molecule has 3 aromatic carbocycles. The number of benzene rings is 3. The zero-order valence-electron chi connectivity index (χ0n) is 18.1. The number of ether oxygens (including phenoxy) is 2. The Labute approximate surface area is 187 Å². The fourth-order valence-electron chi connectivity index (χ4n) is 3.80. The normalized spacial score (nSPS) is 13.7. The molecule has 0 aliphatic carbocycles. The molecule has 0 atom stereocenters. The molecule has 0 radical (unpaired) electrons. The van der Waals surface area contributed by atoms with Gasteiger partial charge in [0.25, 0.3) is 10.0 Å². The second kappa shape index (κ2) is 8.55. The van der Waals surface area contributed by atoms with E-state index >= 15 is 0 Å². The zero-order chi connectivity index (χ0) is 22.9. The number of nitrogens with zero attached hydrogens (tertiary/aromatic N) is 1. The lowest BCUT2D eigenvalue weighted by molar-refractivity contribution is -0.114. The third kappa shape index (κ3) is 3.78. The second-order valence-corrected chi connectivity index (χ2v) is 9.16. The van der Waals surface area contributed by atoms with Crippen LogP contribution in [0.1, 0.15) is 12.5 Å². The van der Waals surface area contributed by atoms with Gasteiger partial charge in [-0.2, -0.15) is 0 Å². The SMILES string of the molecule is CCc1ccc2c(c1)-c1ccccc1S(=O)(=O)N2CC(=O)Nc1cc(OC)ccc1OC. The van der Waals surface area contributed by atoms with Gasteiger partial charge in [0.2, 0.25) is 5.91 Å². The standard InChI is InChI=1S/C24H24N2O5S/c1-4-16-9-11-21-19(13-16)18-7-5-6-8-23(18)32(28,29)26(21)15-24(27)25-20-14-17(30-2)10-12-22(20)31-3/h5-14H,4,15H2,1-3H3,(H,25,27). The van der Waals surface area contributed by atoms with E-state index in [9.17, 15) is 13.2 Å². The highest BCUT2D eigenvalue weighted by molar-refractivity contribution is 7.93. The van der Waals surface area contributed by atoms with Gasteiger partial charge in [0.15, 0.2) is 0 Å². The third-order valence-corrected chi connectivity index (χ3v) is 7.27. The van der Waals surface area contributed by atoms with Gasteiger partial charge in [0.1, 0.15) is 18.0 Å². The van der Waals surface area contributed by atoms with E-state index in [1.165, 1.54) is 14.2 Å². The van der Waals surface area contributed by atoms with Gasteiger partial charge in [-0.25, -0.2) is 8.42 Å². The van der Waals surface area contributed by atoms with Crippen LogP contribution in [0.2, 0.25) is 0 Å². The van der Waals surface area contributed by atoms with E-state index in [1.54, 1.807) is 42.5 Å². The average Bonchev–Trinajstić information content (AvgIpc) is 2.81. The third-order valence-electron chi connectivity index (χ3n) is 5.45. The molecule has 1 aliphatic rings. The number of hydrogen-bond acceptors (Lipinski definition) is 5. The van der Waals surface area contributed by atoms with Crippen LogP contribution in [0, 0.1) is 0 Å². The minimum Gasteiger partial charge on any atom is -0.497 e. The lowest BCUT2D eigenvalue weighted by Crippen LogP contribution is -2.40. The van der Waals surface area contributed by atoms with Crippen LogP contribution in [0.4, 0.5) is 11.4 Å². The zero-order valence-corrected chi connectivity index (χ0v) is 18.9. The van der Waals surface area contributed by atoms with Crippen molar-refractivity contribution in [3.8, 4) is 22.6 Å². The fourth-order valence-corrected chi connectivity index (χ4v) is 5.45. The molecule has 0 fully saturated rings. The molecule has 1 aliphatic heterocycles. The number of carbonyl (C=O) groups excluding carboxylic acids is 1. The van der Waals surface area contributed by atoms with Gasteiger partial charge in [-0.3, -0.25) is 9.10 Å². The molecule has 1 heterocycles. The van der Waals surface area contributed by atoms with Gasteiger partial charge < -0.3 is 14.8 Å². The first kappa shape index (κ1) is 21.7. The van der Waals surface area contributed by atoms with Gasteiger partial charge in [-0.1, -0.05) is 31.2 Å². The first-order valence-electron chi connectivity index (χ1n) is 10.2. The molecule has 0 spiro atoms. The van der Waals surface area contributed by atoms with Crippen LogP contribution in [0.3, 0.4) is 0 Å². The number of nitrogens with one attached hydrogen (secondary N) is 1. The maximum Gasteiger partial charge on any atom is 0.265 e. The topological polar surface area (TPSA) is 84.9 Å². The van der Waals surface area contributed by atoms with Crippen LogP contribution >= 0.6 is 0 Å². The van der Waals surface area contributed by atoms with E-state index in [-0.39, 0.29) is 11.4 Å². The largest absolute Gasteiger partial charge is 0.497 e. The summed E-state index contributed by atoms with van der Waals surface area (Å²) < 4.78 is 38.5. The van der Waals surface area contributed by atoms with Crippen LogP contribution in [0.15, 0.2) is 65.6 Å². The summed E-state index contributed by atoms with van der Waals surface area (Å²) in [7, 11) is -0.904. The highest BCUT2D eigenvalue weighted by Gasteiger charge is 2.36. The summed E-state index contributed by atoms with van der Waals surface area (Å²) in [6.45, 7) is 1.66. The maximum absolute atomic E-state index is 13.4. The predicted octanol–water partition coefficient (Wildman–Crippen LogP) is 4.08. The predicted molar refractivity (Wildman–Crippen MR) is 124 cm³/mol. The molecule has 0 bridgehead atoms. The van der Waals surface area contributed by atoms with Crippen molar-refractivity contribution in [2.24, 2.45) is 0 Å². The number of hydrogen-bond donors (Lipinski definition) is 1. The van der Waals surface area contributed by atoms with E-state index in [4.69, 9.17) is 9.47 Å². The van der Waals surface area contributed by atoms with Crippen molar-refractivity contribution in [1.29, 1.82) is 0 Å². The number of amides is 1. The number of fused-ring (bicyclic) bond motifs is 3. The number of sulfonamides is 1. The first-order valence-corrected chi connectivity index (χ1v) is 11.6. The molecule has 32 heavy (non-hydrogen) atoms. The lowest BCUT2D eigenvalue weighted by atomic mass is 9.99. The summed E-state index contributed by atoms with van der Waals surface area (Å²) in [6.07, 6.45) is 0.818. The molecule has 4 rings (SSSR count). The molecule has 0 unspecified atom stereocenters. The summed E-state index contributed by atoms with van der Waals surface area (Å²) in [5.41, 5.74) is 3.40. The Morgan fingerprint density at radius 3 is 2.47 bits per heavy atom. The Bertz CT molecular complexity index is 1290. The average molecular weight is 453 g/mol. The van der Waals surface area contributed by atoms with Gasteiger partial charge in [-0.15, -0.1) is 0 Å². The Hall–Kier alpha value is -3.52. The van der Waals surface area contributed by atoms with Crippen molar-refractivity contribution in [3.05, 3.63) is 66.2 Å². The Balaban J connectivity index is 1.72.